The third-order valence-corrected chi connectivity index (χ3v) is 3.81. The summed E-state index contributed by atoms with van der Waals surface area (Å²) in [7, 11) is 0. The zero-order chi connectivity index (χ0) is 13.8. The fourth-order valence-electron chi connectivity index (χ4n) is 2.41. The third kappa shape index (κ3) is 3.49. The topological polar surface area (TPSA) is 29.5 Å². The lowest BCUT2D eigenvalue weighted by molar-refractivity contribution is -0.138. The molecule has 0 bridgehead atoms. The predicted octanol–water partition coefficient (Wildman–Crippen LogP) is 3.08. The van der Waals surface area contributed by atoms with Gasteiger partial charge in [0.05, 0.1) is 0 Å². The first-order valence-electron chi connectivity index (χ1n) is 7.10. The van der Waals surface area contributed by atoms with Gasteiger partial charge in [-0.25, -0.2) is 0 Å². The first-order valence-corrected chi connectivity index (χ1v) is 7.10. The summed E-state index contributed by atoms with van der Waals surface area (Å²) in [6, 6.07) is 5.96. The fraction of sp³-hybridized carbons (Fsp3) is 0.562. The Bertz CT molecular complexity index is 450. The van der Waals surface area contributed by atoms with E-state index >= 15 is 0 Å². The predicted molar refractivity (Wildman–Crippen MR) is 76.4 cm³/mol. The molecule has 3 nitrogen and oxygen atoms in total. The van der Waals surface area contributed by atoms with Gasteiger partial charge in [-0.15, -0.1) is 0 Å². The van der Waals surface area contributed by atoms with Gasteiger partial charge >= 0.3 is 0 Å². The number of ether oxygens (including phenoxy) is 1. The lowest BCUT2D eigenvalue weighted by Crippen LogP contribution is -2.43. The number of nitrogens with zero attached hydrogens (tertiary/aromatic N) is 1. The van der Waals surface area contributed by atoms with Gasteiger partial charge in [-0.2, -0.15) is 0 Å². The Morgan fingerprint density at radius 1 is 1.16 bits per heavy atom. The number of amides is 1. The van der Waals surface area contributed by atoms with Crippen molar-refractivity contribution in [2.45, 2.75) is 46.1 Å². The van der Waals surface area contributed by atoms with Crippen molar-refractivity contribution in [2.75, 3.05) is 13.1 Å². The van der Waals surface area contributed by atoms with Crippen LogP contribution in [0, 0.1) is 13.8 Å². The highest BCUT2D eigenvalue weighted by Crippen LogP contribution is 2.19. The van der Waals surface area contributed by atoms with Crippen LogP contribution in [0.5, 0.6) is 5.75 Å². The molecule has 1 amide bonds. The van der Waals surface area contributed by atoms with E-state index in [0.29, 0.717) is 0 Å². The number of rotatable bonds is 3. The molecule has 0 aliphatic carbocycles. The summed E-state index contributed by atoms with van der Waals surface area (Å²) in [6.07, 6.45) is 3.06. The number of piperidine rings is 1. The van der Waals surface area contributed by atoms with Crippen molar-refractivity contribution in [1.82, 2.24) is 4.90 Å². The zero-order valence-electron chi connectivity index (χ0n) is 12.1. The van der Waals surface area contributed by atoms with Crippen LogP contribution in [-0.4, -0.2) is 30.0 Å². The molecule has 1 saturated heterocycles. The van der Waals surface area contributed by atoms with Crippen LogP contribution in [0.15, 0.2) is 18.2 Å². The van der Waals surface area contributed by atoms with Gasteiger partial charge in [0.2, 0.25) is 0 Å². The second-order valence-corrected chi connectivity index (χ2v) is 5.39. The highest BCUT2D eigenvalue weighted by Gasteiger charge is 2.23. The molecule has 1 aliphatic rings. The molecule has 1 aromatic carbocycles. The number of aryl methyl sites for hydroxylation is 2. The molecule has 1 heterocycles. The normalized spacial score (nSPS) is 17.1. The van der Waals surface area contributed by atoms with Crippen molar-refractivity contribution in [3.8, 4) is 5.75 Å². The highest BCUT2D eigenvalue weighted by atomic mass is 16.5. The summed E-state index contributed by atoms with van der Waals surface area (Å²) in [5.74, 6) is 0.888. The third-order valence-electron chi connectivity index (χ3n) is 3.81. The molecule has 0 unspecified atom stereocenters. The molecule has 0 spiro atoms. The minimum Gasteiger partial charge on any atom is -0.481 e. The van der Waals surface area contributed by atoms with Crippen LogP contribution in [-0.2, 0) is 4.79 Å². The van der Waals surface area contributed by atoms with E-state index in [4.69, 9.17) is 4.74 Å². The molecular weight excluding hydrogens is 238 g/mol. The molecule has 0 saturated carbocycles. The van der Waals surface area contributed by atoms with E-state index in [1.165, 1.54) is 17.5 Å². The van der Waals surface area contributed by atoms with Crippen molar-refractivity contribution < 1.29 is 9.53 Å². The summed E-state index contributed by atoms with van der Waals surface area (Å²) < 4.78 is 5.77. The van der Waals surface area contributed by atoms with Gasteiger partial charge in [0.25, 0.3) is 5.91 Å². The number of carbonyl (C=O) groups is 1. The van der Waals surface area contributed by atoms with E-state index in [9.17, 15) is 4.79 Å². The van der Waals surface area contributed by atoms with Gasteiger partial charge in [0.1, 0.15) is 5.75 Å². The van der Waals surface area contributed by atoms with Crippen LogP contribution in [0.1, 0.15) is 37.3 Å². The van der Waals surface area contributed by atoms with Crippen molar-refractivity contribution in [2.24, 2.45) is 0 Å². The van der Waals surface area contributed by atoms with Gasteiger partial charge in [-0.05, 0) is 63.3 Å². The number of hydrogen-bond acceptors (Lipinski definition) is 2. The molecule has 1 aromatic rings. The van der Waals surface area contributed by atoms with E-state index in [-0.39, 0.29) is 5.91 Å². The average molecular weight is 261 g/mol. The maximum absolute atomic E-state index is 12.3. The molecule has 1 atom stereocenters. The summed E-state index contributed by atoms with van der Waals surface area (Å²) >= 11 is 0. The van der Waals surface area contributed by atoms with E-state index in [1.807, 2.05) is 30.0 Å². The second-order valence-electron chi connectivity index (χ2n) is 5.39. The molecule has 1 aliphatic heterocycles. The SMILES string of the molecule is Cc1ccc(O[C@@H](C)C(=O)N2CCCCC2)cc1C. The Morgan fingerprint density at radius 3 is 2.47 bits per heavy atom. The van der Waals surface area contributed by atoms with Gasteiger partial charge < -0.3 is 9.64 Å². The number of carbonyl (C=O) groups excluding carboxylic acids is 1. The summed E-state index contributed by atoms with van der Waals surface area (Å²) in [4.78, 5) is 14.2. The summed E-state index contributed by atoms with van der Waals surface area (Å²) in [6.45, 7) is 7.71. The second kappa shape index (κ2) is 6.09. The average Bonchev–Trinajstić information content (AvgIpc) is 2.43. The van der Waals surface area contributed by atoms with Crippen LogP contribution in [0.4, 0.5) is 0 Å². The molecule has 2 rings (SSSR count). The first kappa shape index (κ1) is 13.9. The van der Waals surface area contributed by atoms with Gasteiger partial charge in [-0.1, -0.05) is 6.07 Å². The first-order chi connectivity index (χ1) is 9.08. The van der Waals surface area contributed by atoms with Gasteiger partial charge in [0, 0.05) is 13.1 Å². The van der Waals surface area contributed by atoms with Crippen molar-refractivity contribution in [1.29, 1.82) is 0 Å². The van der Waals surface area contributed by atoms with E-state index < -0.39 is 6.10 Å². The maximum Gasteiger partial charge on any atom is 0.263 e. The molecule has 104 valence electrons. The van der Waals surface area contributed by atoms with Gasteiger partial charge in [0.15, 0.2) is 6.10 Å². The van der Waals surface area contributed by atoms with E-state index in [1.54, 1.807) is 0 Å². The Balaban J connectivity index is 1.97. The van der Waals surface area contributed by atoms with E-state index in [0.717, 1.165) is 31.7 Å². The number of likely N-dealkylation sites (tertiary alicyclic amines) is 1. The number of benzene rings is 1. The number of hydrogen-bond donors (Lipinski definition) is 0. The zero-order valence-corrected chi connectivity index (χ0v) is 12.1. The Morgan fingerprint density at radius 2 is 1.84 bits per heavy atom. The Hall–Kier alpha value is -1.51. The van der Waals surface area contributed by atoms with Crippen LogP contribution >= 0.6 is 0 Å². The lowest BCUT2D eigenvalue weighted by atomic mass is 10.1. The van der Waals surface area contributed by atoms with Gasteiger partial charge in [-0.3, -0.25) is 4.79 Å². The van der Waals surface area contributed by atoms with Crippen LogP contribution < -0.4 is 4.74 Å². The Kier molecular flexibility index (Phi) is 4.46. The smallest absolute Gasteiger partial charge is 0.263 e. The van der Waals surface area contributed by atoms with Crippen LogP contribution in [0.2, 0.25) is 0 Å². The summed E-state index contributed by atoms with van der Waals surface area (Å²) in [5.41, 5.74) is 2.43. The quantitative estimate of drug-likeness (QED) is 0.837. The van der Waals surface area contributed by atoms with Crippen molar-refractivity contribution in [3.05, 3.63) is 29.3 Å². The standard InChI is InChI=1S/C16H23NO2/c1-12-7-8-15(11-13(12)2)19-14(3)16(18)17-9-5-4-6-10-17/h7-8,11,14H,4-6,9-10H2,1-3H3/t14-/m0/s1. The Labute approximate surface area is 115 Å². The monoisotopic (exact) mass is 261 g/mol. The molecule has 19 heavy (non-hydrogen) atoms. The van der Waals surface area contributed by atoms with Crippen LogP contribution in [0.25, 0.3) is 0 Å². The molecule has 0 radical (unpaired) electrons. The molecule has 3 heteroatoms. The fourth-order valence-corrected chi connectivity index (χ4v) is 2.41. The largest absolute Gasteiger partial charge is 0.481 e. The lowest BCUT2D eigenvalue weighted by Gasteiger charge is -2.29. The molecule has 0 aromatic heterocycles. The van der Waals surface area contributed by atoms with Crippen molar-refractivity contribution >= 4 is 5.91 Å². The molecule has 1 fully saturated rings. The maximum atomic E-state index is 12.3. The summed E-state index contributed by atoms with van der Waals surface area (Å²) in [5, 5.41) is 0. The molecular formula is C16H23NO2. The molecule has 0 N–H and O–H groups in total. The highest BCUT2D eigenvalue weighted by molar-refractivity contribution is 5.81. The van der Waals surface area contributed by atoms with Crippen molar-refractivity contribution in [3.63, 3.8) is 0 Å². The van der Waals surface area contributed by atoms with Crippen LogP contribution in [0.3, 0.4) is 0 Å². The minimum absolute atomic E-state index is 0.109. The minimum atomic E-state index is -0.403. The van der Waals surface area contributed by atoms with E-state index in [2.05, 4.69) is 13.8 Å².